The minimum Gasteiger partial charge on any atom is -0.383 e. The molecule has 0 aliphatic rings. The molecule has 0 aromatic carbocycles. The Balaban J connectivity index is 2.70. The molecule has 1 aromatic rings. The monoisotopic (exact) mass is 231 g/mol. The summed E-state index contributed by atoms with van der Waals surface area (Å²) in [6.45, 7) is 3.62. The number of aromatic nitrogens is 3. The largest absolute Gasteiger partial charge is 0.383 e. The first kappa shape index (κ1) is 12.5. The first-order chi connectivity index (χ1) is 7.33. The third-order valence-corrected chi connectivity index (χ3v) is 2.54. The number of rotatable bonds is 7. The van der Waals surface area contributed by atoms with Gasteiger partial charge in [0.05, 0.1) is 12.5 Å². The summed E-state index contributed by atoms with van der Waals surface area (Å²) in [7, 11) is 1.69. The predicted octanol–water partition coefficient (Wildman–Crippen LogP) is 2.01. The van der Waals surface area contributed by atoms with Crippen LogP contribution in [-0.2, 0) is 23.6 Å². The molecular formula is C10H18ClN3O. The van der Waals surface area contributed by atoms with Crippen LogP contribution in [0.4, 0.5) is 0 Å². The number of halogens is 1. The van der Waals surface area contributed by atoms with Gasteiger partial charge in [0.25, 0.3) is 0 Å². The molecule has 0 radical (unpaired) electrons. The average molecular weight is 232 g/mol. The van der Waals surface area contributed by atoms with Crippen molar-refractivity contribution in [2.75, 3.05) is 13.7 Å². The van der Waals surface area contributed by atoms with Gasteiger partial charge < -0.3 is 9.30 Å². The molecule has 0 N–H and O–H groups in total. The molecule has 15 heavy (non-hydrogen) atoms. The first-order valence-electron chi connectivity index (χ1n) is 5.29. The zero-order valence-electron chi connectivity index (χ0n) is 9.37. The molecule has 1 rings (SSSR count). The molecular weight excluding hydrogens is 214 g/mol. The van der Waals surface area contributed by atoms with E-state index < -0.39 is 0 Å². The normalized spacial score (nSPS) is 10.9. The van der Waals surface area contributed by atoms with Crippen molar-refractivity contribution in [3.8, 4) is 0 Å². The predicted molar refractivity (Wildman–Crippen MR) is 60.1 cm³/mol. The summed E-state index contributed by atoms with van der Waals surface area (Å²) in [4.78, 5) is 0. The average Bonchev–Trinajstić information content (AvgIpc) is 2.65. The molecule has 0 atom stereocenters. The van der Waals surface area contributed by atoms with E-state index in [1.165, 1.54) is 0 Å². The second kappa shape index (κ2) is 6.80. The molecule has 0 spiro atoms. The lowest BCUT2D eigenvalue weighted by Gasteiger charge is -2.07. The number of hydrogen-bond donors (Lipinski definition) is 0. The molecule has 0 saturated heterocycles. The van der Waals surface area contributed by atoms with Gasteiger partial charge in [-0.1, -0.05) is 13.3 Å². The number of ether oxygens (including phenoxy) is 1. The molecule has 0 saturated carbocycles. The van der Waals surface area contributed by atoms with Crippen molar-refractivity contribution in [3.05, 3.63) is 11.6 Å². The first-order valence-corrected chi connectivity index (χ1v) is 5.82. The summed E-state index contributed by atoms with van der Waals surface area (Å²) in [6, 6.07) is 0. The fourth-order valence-electron chi connectivity index (χ4n) is 1.43. The van der Waals surface area contributed by atoms with Crippen LogP contribution in [0, 0.1) is 0 Å². The van der Waals surface area contributed by atoms with E-state index in [9.17, 15) is 0 Å². The van der Waals surface area contributed by atoms with Crippen LogP contribution in [0.15, 0.2) is 0 Å². The second-order valence-corrected chi connectivity index (χ2v) is 3.68. The second-order valence-electron chi connectivity index (χ2n) is 3.41. The molecule has 5 heteroatoms. The van der Waals surface area contributed by atoms with Crippen LogP contribution in [0.5, 0.6) is 0 Å². The molecule has 86 valence electrons. The lowest BCUT2D eigenvalue weighted by atomic mass is 10.2. The maximum absolute atomic E-state index is 5.79. The Morgan fingerprint density at radius 1 is 1.33 bits per heavy atom. The summed E-state index contributed by atoms with van der Waals surface area (Å²) < 4.78 is 7.12. The van der Waals surface area contributed by atoms with Crippen LogP contribution in [0.3, 0.4) is 0 Å². The van der Waals surface area contributed by atoms with Gasteiger partial charge in [-0.25, -0.2) is 0 Å². The van der Waals surface area contributed by atoms with E-state index in [-0.39, 0.29) is 0 Å². The molecule has 0 aliphatic carbocycles. The lowest BCUT2D eigenvalue weighted by molar-refractivity contribution is 0.185. The lowest BCUT2D eigenvalue weighted by Crippen LogP contribution is -2.11. The Kier molecular flexibility index (Phi) is 5.65. The zero-order valence-corrected chi connectivity index (χ0v) is 10.1. The SMILES string of the molecule is CCCCc1nnc(CCl)n1CCOC. The van der Waals surface area contributed by atoms with Crippen molar-refractivity contribution in [2.24, 2.45) is 0 Å². The summed E-state index contributed by atoms with van der Waals surface area (Å²) in [5.74, 6) is 2.26. The van der Waals surface area contributed by atoms with Crippen LogP contribution in [0.1, 0.15) is 31.4 Å². The Morgan fingerprint density at radius 3 is 2.67 bits per heavy atom. The third kappa shape index (κ3) is 3.47. The quantitative estimate of drug-likeness (QED) is 0.674. The van der Waals surface area contributed by atoms with Gasteiger partial charge in [0, 0.05) is 20.1 Å². The van der Waals surface area contributed by atoms with E-state index in [1.54, 1.807) is 7.11 Å². The summed E-state index contributed by atoms with van der Waals surface area (Å²) in [5.41, 5.74) is 0. The van der Waals surface area contributed by atoms with Crippen LogP contribution in [-0.4, -0.2) is 28.5 Å². The van der Waals surface area contributed by atoms with Crippen molar-refractivity contribution < 1.29 is 4.74 Å². The molecule has 0 unspecified atom stereocenters. The fourth-order valence-corrected chi connectivity index (χ4v) is 1.63. The van der Waals surface area contributed by atoms with Crippen LogP contribution in [0.2, 0.25) is 0 Å². The van der Waals surface area contributed by atoms with Gasteiger partial charge in [-0.05, 0) is 6.42 Å². The number of nitrogens with zero attached hydrogens (tertiary/aromatic N) is 3. The van der Waals surface area contributed by atoms with Gasteiger partial charge in [-0.3, -0.25) is 0 Å². The van der Waals surface area contributed by atoms with E-state index in [4.69, 9.17) is 16.3 Å². The summed E-state index contributed by atoms with van der Waals surface area (Å²) in [5, 5.41) is 8.22. The standard InChI is InChI=1S/C10H18ClN3O/c1-3-4-5-9-12-13-10(8-11)14(9)6-7-15-2/h3-8H2,1-2H3. The van der Waals surface area contributed by atoms with Crippen LogP contribution >= 0.6 is 11.6 Å². The molecule has 0 fully saturated rings. The Labute approximate surface area is 95.6 Å². The van der Waals surface area contributed by atoms with E-state index >= 15 is 0 Å². The van der Waals surface area contributed by atoms with Crippen LogP contribution in [0.25, 0.3) is 0 Å². The van der Waals surface area contributed by atoms with Crippen molar-refractivity contribution >= 4 is 11.6 Å². The Morgan fingerprint density at radius 2 is 2.07 bits per heavy atom. The molecule has 4 nitrogen and oxygen atoms in total. The molecule has 0 bridgehead atoms. The van der Waals surface area contributed by atoms with Gasteiger partial charge in [0.2, 0.25) is 0 Å². The maximum atomic E-state index is 5.79. The fraction of sp³-hybridized carbons (Fsp3) is 0.800. The maximum Gasteiger partial charge on any atom is 0.148 e. The number of hydrogen-bond acceptors (Lipinski definition) is 3. The summed E-state index contributed by atoms with van der Waals surface area (Å²) in [6.07, 6.45) is 3.25. The zero-order chi connectivity index (χ0) is 11.1. The smallest absolute Gasteiger partial charge is 0.148 e. The third-order valence-electron chi connectivity index (χ3n) is 2.30. The topological polar surface area (TPSA) is 39.9 Å². The molecule has 1 aromatic heterocycles. The highest BCUT2D eigenvalue weighted by Crippen LogP contribution is 2.08. The summed E-state index contributed by atoms with van der Waals surface area (Å²) >= 11 is 5.79. The van der Waals surface area contributed by atoms with Gasteiger partial charge in [0.15, 0.2) is 0 Å². The minimum absolute atomic E-state index is 0.406. The molecule has 0 amide bonds. The molecule has 1 heterocycles. The van der Waals surface area contributed by atoms with Gasteiger partial charge in [-0.15, -0.1) is 21.8 Å². The molecule has 0 aliphatic heterocycles. The van der Waals surface area contributed by atoms with Crippen molar-refractivity contribution in [1.82, 2.24) is 14.8 Å². The Bertz CT molecular complexity index is 288. The van der Waals surface area contributed by atoms with E-state index in [0.717, 1.165) is 37.5 Å². The minimum atomic E-state index is 0.406. The van der Waals surface area contributed by atoms with Crippen molar-refractivity contribution in [3.63, 3.8) is 0 Å². The number of aryl methyl sites for hydroxylation is 1. The highest BCUT2D eigenvalue weighted by molar-refractivity contribution is 6.16. The Hall–Kier alpha value is -0.610. The van der Waals surface area contributed by atoms with Crippen molar-refractivity contribution in [1.29, 1.82) is 0 Å². The van der Waals surface area contributed by atoms with Gasteiger partial charge in [-0.2, -0.15) is 0 Å². The highest BCUT2D eigenvalue weighted by atomic mass is 35.5. The number of alkyl halides is 1. The van der Waals surface area contributed by atoms with Gasteiger partial charge in [0.1, 0.15) is 11.6 Å². The van der Waals surface area contributed by atoms with E-state index in [1.807, 2.05) is 0 Å². The number of unbranched alkanes of at least 4 members (excludes halogenated alkanes) is 1. The van der Waals surface area contributed by atoms with E-state index in [0.29, 0.717) is 12.5 Å². The number of methoxy groups -OCH3 is 1. The highest BCUT2D eigenvalue weighted by Gasteiger charge is 2.09. The van der Waals surface area contributed by atoms with Crippen molar-refractivity contribution in [2.45, 2.75) is 38.6 Å². The van der Waals surface area contributed by atoms with E-state index in [2.05, 4.69) is 21.7 Å². The van der Waals surface area contributed by atoms with Crippen LogP contribution < -0.4 is 0 Å². The van der Waals surface area contributed by atoms with Gasteiger partial charge >= 0.3 is 0 Å².